The van der Waals surface area contributed by atoms with Crippen molar-refractivity contribution in [3.63, 3.8) is 0 Å². The molecule has 0 heterocycles. The monoisotopic (exact) mass is 221 g/mol. The number of nitrogens with one attached hydrogen (secondary N) is 1. The Morgan fingerprint density at radius 2 is 1.92 bits per heavy atom. The highest BCUT2D eigenvalue weighted by atomic mass is 32.2. The van der Waals surface area contributed by atoms with Crippen molar-refractivity contribution in [1.29, 1.82) is 0 Å². The van der Waals surface area contributed by atoms with Gasteiger partial charge in [-0.1, -0.05) is 0 Å². The maximum Gasteiger partial charge on any atom is 0.511 e. The smallest absolute Gasteiger partial charge is 0.385 e. The standard InChI is InChI=1S/C5H10F3NO3S/c1-12-4-2-3-9-13(10,11)5(6,7)8/h9H,2-4H2,1H3. The fourth-order valence-electron chi connectivity index (χ4n) is 0.505. The fraction of sp³-hybridized carbons (Fsp3) is 1.00. The van der Waals surface area contributed by atoms with E-state index in [-0.39, 0.29) is 19.6 Å². The highest BCUT2D eigenvalue weighted by Crippen LogP contribution is 2.21. The Morgan fingerprint density at radius 3 is 2.31 bits per heavy atom. The molecular formula is C5H10F3NO3S. The highest BCUT2D eigenvalue weighted by molar-refractivity contribution is 7.90. The van der Waals surface area contributed by atoms with E-state index < -0.39 is 15.5 Å². The van der Waals surface area contributed by atoms with E-state index in [1.165, 1.54) is 11.8 Å². The van der Waals surface area contributed by atoms with E-state index in [0.29, 0.717) is 0 Å². The minimum atomic E-state index is -5.24. The number of hydrogen-bond donors (Lipinski definition) is 1. The molecule has 0 aromatic carbocycles. The number of alkyl halides is 3. The summed E-state index contributed by atoms with van der Waals surface area (Å²) >= 11 is 0. The molecule has 0 aromatic rings. The summed E-state index contributed by atoms with van der Waals surface area (Å²) < 4.78 is 61.6. The maximum atomic E-state index is 11.7. The average molecular weight is 221 g/mol. The first-order valence-electron chi connectivity index (χ1n) is 3.36. The van der Waals surface area contributed by atoms with Crippen LogP contribution in [-0.4, -0.2) is 34.2 Å². The largest absolute Gasteiger partial charge is 0.511 e. The van der Waals surface area contributed by atoms with Gasteiger partial charge >= 0.3 is 15.5 Å². The van der Waals surface area contributed by atoms with Gasteiger partial charge in [-0.3, -0.25) is 0 Å². The maximum absolute atomic E-state index is 11.7. The Hall–Kier alpha value is -0.340. The summed E-state index contributed by atoms with van der Waals surface area (Å²) in [6.07, 6.45) is 0.200. The van der Waals surface area contributed by atoms with Crippen molar-refractivity contribution < 1.29 is 26.3 Å². The van der Waals surface area contributed by atoms with Crippen LogP contribution in [0.3, 0.4) is 0 Å². The van der Waals surface area contributed by atoms with Gasteiger partial charge in [0.15, 0.2) is 0 Å². The van der Waals surface area contributed by atoms with Gasteiger partial charge in [0.2, 0.25) is 0 Å². The van der Waals surface area contributed by atoms with Gasteiger partial charge in [-0.2, -0.15) is 13.2 Å². The van der Waals surface area contributed by atoms with Gasteiger partial charge in [0.25, 0.3) is 0 Å². The van der Waals surface area contributed by atoms with Gasteiger partial charge in [-0.15, -0.1) is 0 Å². The van der Waals surface area contributed by atoms with Crippen molar-refractivity contribution in [1.82, 2.24) is 4.72 Å². The number of sulfonamides is 1. The van der Waals surface area contributed by atoms with Crippen LogP contribution in [0, 0.1) is 0 Å². The van der Waals surface area contributed by atoms with Crippen molar-refractivity contribution in [3.05, 3.63) is 0 Å². The number of hydrogen-bond acceptors (Lipinski definition) is 3. The molecule has 0 saturated carbocycles. The van der Waals surface area contributed by atoms with Crippen LogP contribution in [0.15, 0.2) is 0 Å². The fourth-order valence-corrected chi connectivity index (χ4v) is 1.08. The van der Waals surface area contributed by atoms with E-state index in [9.17, 15) is 21.6 Å². The Morgan fingerprint density at radius 1 is 1.38 bits per heavy atom. The molecule has 0 aliphatic carbocycles. The summed E-state index contributed by atoms with van der Waals surface area (Å²) in [5.41, 5.74) is -5.24. The molecule has 13 heavy (non-hydrogen) atoms. The Balaban J connectivity index is 3.92. The molecule has 0 aromatic heterocycles. The molecule has 8 heteroatoms. The predicted octanol–water partition coefficient (Wildman–Crippen LogP) is 0.462. The molecule has 0 aliphatic rings. The molecule has 80 valence electrons. The molecule has 0 amide bonds. The third-order valence-corrected chi connectivity index (χ3v) is 2.32. The van der Waals surface area contributed by atoms with Crippen molar-refractivity contribution in [2.75, 3.05) is 20.3 Å². The van der Waals surface area contributed by atoms with Crippen molar-refractivity contribution in [2.45, 2.75) is 11.9 Å². The average Bonchev–Trinajstić information content (AvgIpc) is 1.96. The van der Waals surface area contributed by atoms with Gasteiger partial charge in [0, 0.05) is 20.3 Å². The van der Waals surface area contributed by atoms with Crippen LogP contribution in [0.1, 0.15) is 6.42 Å². The van der Waals surface area contributed by atoms with Crippen LogP contribution < -0.4 is 4.72 Å². The lowest BCUT2D eigenvalue weighted by molar-refractivity contribution is -0.0448. The zero-order valence-electron chi connectivity index (χ0n) is 6.89. The summed E-state index contributed by atoms with van der Waals surface area (Å²) in [6, 6.07) is 0. The van der Waals surface area contributed by atoms with Crippen molar-refractivity contribution in [2.24, 2.45) is 0 Å². The summed E-state index contributed by atoms with van der Waals surface area (Å²) in [5, 5.41) is 0. The molecule has 4 nitrogen and oxygen atoms in total. The molecule has 0 spiro atoms. The molecule has 0 unspecified atom stereocenters. The lowest BCUT2D eigenvalue weighted by atomic mass is 10.5. The first-order valence-corrected chi connectivity index (χ1v) is 4.84. The molecule has 0 rings (SSSR count). The zero-order valence-corrected chi connectivity index (χ0v) is 7.70. The van der Waals surface area contributed by atoms with Crippen LogP contribution in [-0.2, 0) is 14.8 Å². The zero-order chi connectivity index (χ0) is 10.5. The lowest BCUT2D eigenvalue weighted by Gasteiger charge is -2.08. The SMILES string of the molecule is COCCCNS(=O)(=O)C(F)(F)F. The summed E-state index contributed by atoms with van der Waals surface area (Å²) in [5.74, 6) is 0. The number of rotatable bonds is 5. The van der Waals surface area contributed by atoms with E-state index >= 15 is 0 Å². The van der Waals surface area contributed by atoms with Crippen molar-refractivity contribution in [3.8, 4) is 0 Å². The molecule has 1 N–H and O–H groups in total. The summed E-state index contributed by atoms with van der Waals surface area (Å²) in [7, 11) is -3.81. The van der Waals surface area contributed by atoms with Gasteiger partial charge in [-0.25, -0.2) is 13.1 Å². The second-order valence-electron chi connectivity index (χ2n) is 2.19. The van der Waals surface area contributed by atoms with E-state index in [1.54, 1.807) is 0 Å². The Kier molecular flexibility index (Phi) is 4.65. The molecular weight excluding hydrogens is 211 g/mol. The van der Waals surface area contributed by atoms with Crippen molar-refractivity contribution >= 4 is 10.0 Å². The summed E-state index contributed by atoms with van der Waals surface area (Å²) in [6.45, 7) is -0.0734. The van der Waals surface area contributed by atoms with Gasteiger partial charge in [-0.05, 0) is 6.42 Å². The molecule has 0 bridgehead atoms. The minimum Gasteiger partial charge on any atom is -0.385 e. The van der Waals surface area contributed by atoms with Gasteiger partial charge in [0.05, 0.1) is 0 Å². The first-order chi connectivity index (χ1) is 5.81. The normalized spacial score (nSPS) is 13.2. The summed E-state index contributed by atoms with van der Waals surface area (Å²) in [4.78, 5) is 0. The Labute approximate surface area is 74.1 Å². The van der Waals surface area contributed by atoms with Crippen LogP contribution in [0.2, 0.25) is 0 Å². The lowest BCUT2D eigenvalue weighted by Crippen LogP contribution is -2.37. The number of halogens is 3. The second-order valence-corrected chi connectivity index (χ2v) is 3.95. The quantitative estimate of drug-likeness (QED) is 0.686. The van der Waals surface area contributed by atoms with E-state index in [0.717, 1.165) is 0 Å². The van der Waals surface area contributed by atoms with Crippen LogP contribution in [0.5, 0.6) is 0 Å². The highest BCUT2D eigenvalue weighted by Gasteiger charge is 2.45. The van der Waals surface area contributed by atoms with Gasteiger partial charge in [0.1, 0.15) is 0 Å². The molecule has 0 saturated heterocycles. The minimum absolute atomic E-state index is 0.200. The van der Waals surface area contributed by atoms with Crippen LogP contribution in [0.4, 0.5) is 13.2 Å². The molecule has 0 radical (unpaired) electrons. The number of ether oxygens (including phenoxy) is 1. The third kappa shape index (κ3) is 4.44. The number of methoxy groups -OCH3 is 1. The van der Waals surface area contributed by atoms with Crippen LogP contribution >= 0.6 is 0 Å². The van der Waals surface area contributed by atoms with E-state index in [1.807, 2.05) is 0 Å². The molecule has 0 fully saturated rings. The first kappa shape index (κ1) is 12.7. The topological polar surface area (TPSA) is 55.4 Å². The molecule has 0 aliphatic heterocycles. The van der Waals surface area contributed by atoms with Gasteiger partial charge < -0.3 is 4.74 Å². The molecule has 0 atom stereocenters. The third-order valence-electron chi connectivity index (χ3n) is 1.12. The van der Waals surface area contributed by atoms with Crippen LogP contribution in [0.25, 0.3) is 0 Å². The predicted molar refractivity (Wildman–Crippen MR) is 39.5 cm³/mol. The Bertz CT molecular complexity index is 236. The van der Waals surface area contributed by atoms with E-state index in [4.69, 9.17) is 0 Å². The second kappa shape index (κ2) is 4.77. The van der Waals surface area contributed by atoms with E-state index in [2.05, 4.69) is 4.74 Å².